The molecule has 1 atom stereocenters. The molecule has 0 radical (unpaired) electrons. The number of hydrogen-bond acceptors (Lipinski definition) is 4. The fourth-order valence-electron chi connectivity index (χ4n) is 2.91. The van der Waals surface area contributed by atoms with Gasteiger partial charge in [-0.15, -0.1) is 0 Å². The average molecular weight is 272 g/mol. The molecule has 2 aromatic rings. The summed E-state index contributed by atoms with van der Waals surface area (Å²) in [4.78, 5) is 20.9. The van der Waals surface area contributed by atoms with E-state index in [-0.39, 0.29) is 5.56 Å². The quantitative estimate of drug-likeness (QED) is 0.824. The third-order valence-electron chi connectivity index (χ3n) is 4.11. The maximum Gasteiger partial charge on any atom is 0.257 e. The monoisotopic (exact) mass is 272 g/mol. The molecule has 0 bridgehead atoms. The first-order valence-corrected chi connectivity index (χ1v) is 7.15. The van der Waals surface area contributed by atoms with Crippen molar-refractivity contribution in [2.24, 2.45) is 0 Å². The van der Waals surface area contributed by atoms with E-state index in [0.717, 1.165) is 31.9 Å². The maximum absolute atomic E-state index is 11.9. The topological polar surface area (TPSA) is 40.8 Å². The standard InChI is InChI=1S/C15H20N4O/c1-3-17-8-9-18(10-12(17)2)13-4-5-14-16-7-6-15(20)19(14)11-13/h4-7,11-12H,3,8-10H2,1-2H3/t12-/m1/s1. The van der Waals surface area contributed by atoms with Gasteiger partial charge in [0.05, 0.1) is 5.69 Å². The van der Waals surface area contributed by atoms with Crippen LogP contribution in [0.15, 0.2) is 35.4 Å². The first-order chi connectivity index (χ1) is 9.69. The van der Waals surface area contributed by atoms with Crippen molar-refractivity contribution < 1.29 is 0 Å². The lowest BCUT2D eigenvalue weighted by atomic mass is 10.2. The first-order valence-electron chi connectivity index (χ1n) is 7.15. The van der Waals surface area contributed by atoms with E-state index in [1.807, 2.05) is 12.3 Å². The molecule has 106 valence electrons. The van der Waals surface area contributed by atoms with Crippen molar-refractivity contribution in [3.63, 3.8) is 0 Å². The molecule has 20 heavy (non-hydrogen) atoms. The summed E-state index contributed by atoms with van der Waals surface area (Å²) in [6.45, 7) is 8.61. The Balaban J connectivity index is 1.91. The summed E-state index contributed by atoms with van der Waals surface area (Å²) in [6, 6.07) is 5.99. The lowest BCUT2D eigenvalue weighted by Crippen LogP contribution is -2.51. The highest BCUT2D eigenvalue weighted by atomic mass is 16.1. The minimum Gasteiger partial charge on any atom is -0.367 e. The molecule has 0 aliphatic carbocycles. The van der Waals surface area contributed by atoms with Crippen LogP contribution in [0.25, 0.3) is 5.65 Å². The fraction of sp³-hybridized carbons (Fsp3) is 0.467. The predicted molar refractivity (Wildman–Crippen MR) is 80.4 cm³/mol. The van der Waals surface area contributed by atoms with Crippen LogP contribution in [0.2, 0.25) is 0 Å². The zero-order valence-electron chi connectivity index (χ0n) is 12.0. The predicted octanol–water partition coefficient (Wildman–Crippen LogP) is 1.22. The molecule has 1 fully saturated rings. The van der Waals surface area contributed by atoms with Crippen molar-refractivity contribution in [3.8, 4) is 0 Å². The number of pyridine rings is 1. The van der Waals surface area contributed by atoms with E-state index in [2.05, 4.69) is 34.7 Å². The van der Waals surface area contributed by atoms with Crippen molar-refractivity contribution >= 4 is 11.3 Å². The molecule has 0 aromatic carbocycles. The van der Waals surface area contributed by atoms with Crippen LogP contribution in [0, 0.1) is 0 Å². The summed E-state index contributed by atoms with van der Waals surface area (Å²) in [5.41, 5.74) is 1.76. The molecule has 2 aromatic heterocycles. The van der Waals surface area contributed by atoms with Gasteiger partial charge < -0.3 is 4.90 Å². The number of rotatable bonds is 2. The number of anilines is 1. The van der Waals surface area contributed by atoms with E-state index in [1.165, 1.54) is 6.07 Å². The fourth-order valence-corrected chi connectivity index (χ4v) is 2.91. The largest absolute Gasteiger partial charge is 0.367 e. The van der Waals surface area contributed by atoms with Gasteiger partial charge in [-0.2, -0.15) is 0 Å². The molecule has 0 amide bonds. The number of hydrogen-bond donors (Lipinski definition) is 0. The highest BCUT2D eigenvalue weighted by Crippen LogP contribution is 2.18. The van der Waals surface area contributed by atoms with Gasteiger partial charge in [0.15, 0.2) is 0 Å². The number of fused-ring (bicyclic) bond motifs is 1. The van der Waals surface area contributed by atoms with Gasteiger partial charge in [-0.25, -0.2) is 4.98 Å². The SMILES string of the molecule is CCN1CCN(c2ccc3nccc(=O)n3c2)C[C@H]1C. The van der Waals surface area contributed by atoms with Gasteiger partial charge in [0, 0.05) is 44.1 Å². The zero-order chi connectivity index (χ0) is 14.1. The Labute approximate surface area is 118 Å². The highest BCUT2D eigenvalue weighted by molar-refractivity contribution is 5.52. The van der Waals surface area contributed by atoms with Gasteiger partial charge in [-0.1, -0.05) is 6.92 Å². The molecular formula is C15H20N4O. The molecule has 5 nitrogen and oxygen atoms in total. The van der Waals surface area contributed by atoms with Crippen molar-refractivity contribution in [2.75, 3.05) is 31.1 Å². The van der Waals surface area contributed by atoms with E-state index < -0.39 is 0 Å². The highest BCUT2D eigenvalue weighted by Gasteiger charge is 2.22. The van der Waals surface area contributed by atoms with Crippen LogP contribution < -0.4 is 10.5 Å². The minimum atomic E-state index is -0.0305. The molecule has 1 saturated heterocycles. The first kappa shape index (κ1) is 13.1. The molecule has 1 aliphatic rings. The van der Waals surface area contributed by atoms with Crippen molar-refractivity contribution in [1.29, 1.82) is 0 Å². The third-order valence-corrected chi connectivity index (χ3v) is 4.11. The summed E-state index contributed by atoms with van der Waals surface area (Å²) < 4.78 is 1.62. The van der Waals surface area contributed by atoms with Gasteiger partial charge in [0.25, 0.3) is 5.56 Å². The van der Waals surface area contributed by atoms with Gasteiger partial charge in [0.2, 0.25) is 0 Å². The maximum atomic E-state index is 11.9. The molecule has 3 heterocycles. The van der Waals surface area contributed by atoms with E-state index in [1.54, 1.807) is 10.6 Å². The van der Waals surface area contributed by atoms with E-state index in [0.29, 0.717) is 11.7 Å². The number of piperazine rings is 1. The molecule has 0 unspecified atom stereocenters. The second kappa shape index (κ2) is 5.25. The summed E-state index contributed by atoms with van der Waals surface area (Å²) in [6.07, 6.45) is 3.46. The van der Waals surface area contributed by atoms with Crippen LogP contribution in [-0.4, -0.2) is 46.5 Å². The number of nitrogens with zero attached hydrogens (tertiary/aromatic N) is 4. The molecule has 0 N–H and O–H groups in total. The zero-order valence-corrected chi connectivity index (χ0v) is 12.0. The summed E-state index contributed by atoms with van der Waals surface area (Å²) in [7, 11) is 0. The number of likely N-dealkylation sites (N-methyl/N-ethyl adjacent to an activating group) is 1. The third kappa shape index (κ3) is 2.29. The molecule has 3 rings (SSSR count). The Morgan fingerprint density at radius 3 is 2.90 bits per heavy atom. The van der Waals surface area contributed by atoms with Crippen LogP contribution in [0.5, 0.6) is 0 Å². The second-order valence-electron chi connectivity index (χ2n) is 5.32. The lowest BCUT2D eigenvalue weighted by Gasteiger charge is -2.40. The second-order valence-corrected chi connectivity index (χ2v) is 5.32. The molecule has 1 aliphatic heterocycles. The van der Waals surface area contributed by atoms with Gasteiger partial charge in [0.1, 0.15) is 5.65 Å². The van der Waals surface area contributed by atoms with Crippen molar-refractivity contribution in [3.05, 3.63) is 40.9 Å². The van der Waals surface area contributed by atoms with Gasteiger partial charge in [-0.3, -0.25) is 14.1 Å². The minimum absolute atomic E-state index is 0.0305. The normalized spacial score (nSPS) is 20.5. The Kier molecular flexibility index (Phi) is 3.44. The smallest absolute Gasteiger partial charge is 0.257 e. The van der Waals surface area contributed by atoms with Crippen molar-refractivity contribution in [2.45, 2.75) is 19.9 Å². The molecule has 0 saturated carbocycles. The summed E-state index contributed by atoms with van der Waals surface area (Å²) in [5.74, 6) is 0. The van der Waals surface area contributed by atoms with Crippen LogP contribution in [0.4, 0.5) is 5.69 Å². The van der Waals surface area contributed by atoms with E-state index >= 15 is 0 Å². The number of aromatic nitrogens is 2. The van der Waals surface area contributed by atoms with Crippen LogP contribution in [0.3, 0.4) is 0 Å². The average Bonchev–Trinajstić information content (AvgIpc) is 2.47. The molecule has 5 heteroatoms. The molecular weight excluding hydrogens is 252 g/mol. The van der Waals surface area contributed by atoms with E-state index in [4.69, 9.17) is 0 Å². The lowest BCUT2D eigenvalue weighted by molar-refractivity contribution is 0.199. The van der Waals surface area contributed by atoms with Crippen LogP contribution in [-0.2, 0) is 0 Å². The molecule has 0 spiro atoms. The Bertz CT molecular complexity index is 666. The van der Waals surface area contributed by atoms with Gasteiger partial charge in [-0.05, 0) is 25.6 Å². The summed E-state index contributed by atoms with van der Waals surface area (Å²) in [5, 5.41) is 0. The van der Waals surface area contributed by atoms with E-state index in [9.17, 15) is 4.79 Å². The van der Waals surface area contributed by atoms with Crippen LogP contribution >= 0.6 is 0 Å². The van der Waals surface area contributed by atoms with Crippen LogP contribution in [0.1, 0.15) is 13.8 Å². The Morgan fingerprint density at radius 2 is 2.15 bits per heavy atom. The Hall–Kier alpha value is -1.88. The Morgan fingerprint density at radius 1 is 1.30 bits per heavy atom. The van der Waals surface area contributed by atoms with Gasteiger partial charge >= 0.3 is 0 Å². The summed E-state index contributed by atoms with van der Waals surface area (Å²) >= 11 is 0. The van der Waals surface area contributed by atoms with Crippen molar-refractivity contribution in [1.82, 2.24) is 14.3 Å².